The number of carbonyl (C=O) groups excluding carboxylic acids is 2. The molecule has 1 heterocycles. The molecule has 0 aliphatic rings. The number of halogens is 1. The molecule has 3 aromatic rings. The second kappa shape index (κ2) is 8.06. The number of ether oxygens (including phenoxy) is 1. The number of aromatic amines is 1. The van der Waals surface area contributed by atoms with Crippen LogP contribution in [0, 0.1) is 6.92 Å². The molecule has 0 saturated carbocycles. The summed E-state index contributed by atoms with van der Waals surface area (Å²) in [6.07, 6.45) is 2.66. The molecule has 0 aliphatic carbocycles. The quantitative estimate of drug-likeness (QED) is 0.637. The summed E-state index contributed by atoms with van der Waals surface area (Å²) in [5, 5.41) is 4.31. The van der Waals surface area contributed by atoms with Crippen molar-refractivity contribution in [1.29, 1.82) is 0 Å². The lowest BCUT2D eigenvalue weighted by Crippen LogP contribution is -2.21. The zero-order chi connectivity index (χ0) is 18.5. The number of nitrogens with one attached hydrogen (secondary N) is 2. The maximum atomic E-state index is 11.9. The highest BCUT2D eigenvalue weighted by Crippen LogP contribution is 2.20. The smallest absolute Gasteiger partial charge is 0.306 e. The van der Waals surface area contributed by atoms with E-state index in [1.165, 1.54) is 0 Å². The van der Waals surface area contributed by atoms with Crippen LogP contribution < -0.4 is 5.32 Å². The molecule has 6 heteroatoms. The first-order valence-electron chi connectivity index (χ1n) is 8.29. The van der Waals surface area contributed by atoms with Crippen LogP contribution in [0.25, 0.3) is 10.9 Å². The number of hydrogen-bond donors (Lipinski definition) is 2. The third kappa shape index (κ3) is 4.43. The summed E-state index contributed by atoms with van der Waals surface area (Å²) in [4.78, 5) is 27.0. The van der Waals surface area contributed by atoms with Crippen molar-refractivity contribution < 1.29 is 14.3 Å². The van der Waals surface area contributed by atoms with Gasteiger partial charge < -0.3 is 15.0 Å². The normalized spacial score (nSPS) is 10.7. The van der Waals surface area contributed by atoms with Crippen molar-refractivity contribution in [3.8, 4) is 0 Å². The van der Waals surface area contributed by atoms with Gasteiger partial charge in [-0.05, 0) is 42.7 Å². The molecule has 2 aromatic carbocycles. The largest absolute Gasteiger partial charge is 0.456 e. The van der Waals surface area contributed by atoms with Gasteiger partial charge in [0.1, 0.15) is 0 Å². The Kier molecular flexibility index (Phi) is 5.58. The van der Waals surface area contributed by atoms with Gasteiger partial charge >= 0.3 is 5.97 Å². The standard InChI is InChI=1S/C20H19ClN2O3/c1-13-6-8-15(10-17(13)21)23-19(24)12-26-20(25)9-7-14-11-22-18-5-3-2-4-16(14)18/h2-6,8,10-11,22H,7,9,12H2,1H3,(H,23,24). The highest BCUT2D eigenvalue weighted by atomic mass is 35.5. The molecule has 0 fully saturated rings. The van der Waals surface area contributed by atoms with Crippen LogP contribution in [0.4, 0.5) is 5.69 Å². The highest BCUT2D eigenvalue weighted by Gasteiger charge is 2.10. The molecule has 1 aromatic heterocycles. The molecule has 0 spiro atoms. The number of esters is 1. The zero-order valence-corrected chi connectivity index (χ0v) is 15.1. The fourth-order valence-electron chi connectivity index (χ4n) is 2.66. The van der Waals surface area contributed by atoms with Gasteiger partial charge in [-0.2, -0.15) is 0 Å². The Morgan fingerprint density at radius 2 is 2.00 bits per heavy atom. The summed E-state index contributed by atoms with van der Waals surface area (Å²) in [6.45, 7) is 1.56. The third-order valence-corrected chi connectivity index (χ3v) is 4.50. The third-order valence-electron chi connectivity index (χ3n) is 4.09. The fourth-order valence-corrected chi connectivity index (χ4v) is 2.84. The van der Waals surface area contributed by atoms with E-state index in [0.717, 1.165) is 22.0 Å². The molecule has 2 N–H and O–H groups in total. The molecule has 26 heavy (non-hydrogen) atoms. The summed E-state index contributed by atoms with van der Waals surface area (Å²) in [7, 11) is 0. The molecule has 0 atom stereocenters. The summed E-state index contributed by atoms with van der Waals surface area (Å²) < 4.78 is 5.05. The van der Waals surface area contributed by atoms with E-state index in [9.17, 15) is 9.59 Å². The van der Waals surface area contributed by atoms with E-state index < -0.39 is 11.9 Å². The van der Waals surface area contributed by atoms with Gasteiger partial charge in [0, 0.05) is 34.2 Å². The van der Waals surface area contributed by atoms with Crippen LogP contribution in [0.3, 0.4) is 0 Å². The highest BCUT2D eigenvalue weighted by molar-refractivity contribution is 6.31. The molecule has 0 bridgehead atoms. The number of rotatable bonds is 6. The molecule has 5 nitrogen and oxygen atoms in total. The minimum atomic E-state index is -0.410. The Morgan fingerprint density at radius 3 is 2.81 bits per heavy atom. The van der Waals surface area contributed by atoms with Crippen LogP contribution in [0.15, 0.2) is 48.7 Å². The maximum absolute atomic E-state index is 11.9. The van der Waals surface area contributed by atoms with Gasteiger partial charge in [0.25, 0.3) is 5.91 Å². The van der Waals surface area contributed by atoms with Crippen molar-refractivity contribution in [2.45, 2.75) is 19.8 Å². The second-order valence-corrected chi connectivity index (χ2v) is 6.44. The number of aryl methyl sites for hydroxylation is 2. The van der Waals surface area contributed by atoms with Gasteiger partial charge in [-0.1, -0.05) is 35.9 Å². The van der Waals surface area contributed by atoms with Crippen LogP contribution in [-0.4, -0.2) is 23.5 Å². The minimum Gasteiger partial charge on any atom is -0.456 e. The van der Waals surface area contributed by atoms with Crippen LogP contribution in [0.2, 0.25) is 5.02 Å². The van der Waals surface area contributed by atoms with E-state index in [-0.39, 0.29) is 13.0 Å². The van der Waals surface area contributed by atoms with Crippen molar-refractivity contribution in [2.75, 3.05) is 11.9 Å². The first-order chi connectivity index (χ1) is 12.5. The second-order valence-electron chi connectivity index (χ2n) is 6.03. The maximum Gasteiger partial charge on any atom is 0.306 e. The van der Waals surface area contributed by atoms with E-state index in [1.807, 2.05) is 43.5 Å². The number of carbonyl (C=O) groups is 2. The Bertz CT molecular complexity index is 949. The van der Waals surface area contributed by atoms with Crippen LogP contribution in [0.5, 0.6) is 0 Å². The Labute approximate surface area is 156 Å². The SMILES string of the molecule is Cc1ccc(NC(=O)COC(=O)CCc2c[nH]c3ccccc23)cc1Cl. The molecular weight excluding hydrogens is 352 g/mol. The van der Waals surface area contributed by atoms with Crippen molar-refractivity contribution >= 4 is 40.1 Å². The Hall–Kier alpha value is -2.79. The zero-order valence-electron chi connectivity index (χ0n) is 14.3. The van der Waals surface area contributed by atoms with Crippen molar-refractivity contribution in [3.63, 3.8) is 0 Å². The van der Waals surface area contributed by atoms with Gasteiger partial charge in [0.2, 0.25) is 0 Å². The van der Waals surface area contributed by atoms with Gasteiger partial charge in [0.15, 0.2) is 6.61 Å². The van der Waals surface area contributed by atoms with Crippen molar-refractivity contribution in [2.24, 2.45) is 0 Å². The van der Waals surface area contributed by atoms with Crippen LogP contribution in [-0.2, 0) is 20.7 Å². The van der Waals surface area contributed by atoms with Gasteiger partial charge in [0.05, 0.1) is 0 Å². The van der Waals surface area contributed by atoms with Crippen molar-refractivity contribution in [3.05, 3.63) is 64.8 Å². The minimum absolute atomic E-state index is 0.214. The molecular formula is C20H19ClN2O3. The molecule has 3 rings (SSSR count). The number of anilines is 1. The summed E-state index contributed by atoms with van der Waals surface area (Å²) >= 11 is 6.02. The summed E-state index contributed by atoms with van der Waals surface area (Å²) in [6, 6.07) is 13.1. The number of benzene rings is 2. The molecule has 0 saturated heterocycles. The fraction of sp³-hybridized carbons (Fsp3) is 0.200. The summed E-state index contributed by atoms with van der Waals surface area (Å²) in [5.74, 6) is -0.808. The first kappa shape index (κ1) is 18.0. The monoisotopic (exact) mass is 370 g/mol. The predicted molar refractivity (Wildman–Crippen MR) is 102 cm³/mol. The molecule has 0 radical (unpaired) electrons. The number of fused-ring (bicyclic) bond motifs is 1. The molecule has 1 amide bonds. The number of aromatic nitrogens is 1. The molecule has 0 unspecified atom stereocenters. The number of hydrogen-bond acceptors (Lipinski definition) is 3. The average molecular weight is 371 g/mol. The van der Waals surface area contributed by atoms with Crippen LogP contribution >= 0.6 is 11.6 Å². The predicted octanol–water partition coefficient (Wildman–Crippen LogP) is 4.24. The van der Waals surface area contributed by atoms with Crippen LogP contribution in [0.1, 0.15) is 17.5 Å². The lowest BCUT2D eigenvalue weighted by atomic mass is 10.1. The summed E-state index contributed by atoms with van der Waals surface area (Å²) in [5.41, 5.74) is 3.58. The average Bonchev–Trinajstić information content (AvgIpc) is 3.04. The first-order valence-corrected chi connectivity index (χ1v) is 8.67. The van der Waals surface area contributed by atoms with E-state index in [4.69, 9.17) is 16.3 Å². The van der Waals surface area contributed by atoms with E-state index in [0.29, 0.717) is 17.1 Å². The number of para-hydroxylation sites is 1. The number of amides is 1. The van der Waals surface area contributed by atoms with Gasteiger partial charge in [-0.25, -0.2) is 0 Å². The molecule has 134 valence electrons. The van der Waals surface area contributed by atoms with E-state index in [2.05, 4.69) is 10.3 Å². The van der Waals surface area contributed by atoms with Gasteiger partial charge in [-0.15, -0.1) is 0 Å². The number of H-pyrrole nitrogens is 1. The lowest BCUT2D eigenvalue weighted by molar-refractivity contribution is -0.147. The lowest BCUT2D eigenvalue weighted by Gasteiger charge is -2.08. The Morgan fingerprint density at radius 1 is 1.19 bits per heavy atom. The van der Waals surface area contributed by atoms with E-state index >= 15 is 0 Å². The van der Waals surface area contributed by atoms with Gasteiger partial charge in [-0.3, -0.25) is 9.59 Å². The van der Waals surface area contributed by atoms with E-state index in [1.54, 1.807) is 12.1 Å². The van der Waals surface area contributed by atoms with Crippen molar-refractivity contribution in [1.82, 2.24) is 4.98 Å². The topological polar surface area (TPSA) is 71.2 Å². The molecule has 0 aliphatic heterocycles. The Balaban J connectivity index is 1.46.